The van der Waals surface area contributed by atoms with Crippen LogP contribution in [0, 0.1) is 0 Å². The standard InChI is InChI=1S/C21H23N3O3S/c1-3-27-17-11-9-16(10-12-17)23-19(25)13-18-20(26)24-21(28-18)22-14(2)15-7-5-4-6-8-15/h4-12,14,18H,3,13H2,1-2H3,(H,23,25)(H,22,24,26)/t14-,18+/m0/s1. The zero-order valence-electron chi connectivity index (χ0n) is 15.8. The molecular weight excluding hydrogens is 374 g/mol. The number of thioether (sulfide) groups is 1. The second kappa shape index (κ2) is 9.41. The van der Waals surface area contributed by atoms with Crippen molar-refractivity contribution in [3.05, 3.63) is 60.2 Å². The Morgan fingerprint density at radius 3 is 2.61 bits per heavy atom. The van der Waals surface area contributed by atoms with Crippen LogP contribution in [0.3, 0.4) is 0 Å². The Morgan fingerprint density at radius 2 is 1.93 bits per heavy atom. The van der Waals surface area contributed by atoms with Gasteiger partial charge in [-0.25, -0.2) is 0 Å². The second-order valence-electron chi connectivity index (χ2n) is 6.33. The molecule has 1 heterocycles. The van der Waals surface area contributed by atoms with Crippen molar-refractivity contribution in [1.82, 2.24) is 5.32 Å². The zero-order valence-corrected chi connectivity index (χ0v) is 16.7. The van der Waals surface area contributed by atoms with Gasteiger partial charge >= 0.3 is 0 Å². The average Bonchev–Trinajstić information content (AvgIpc) is 3.03. The highest BCUT2D eigenvalue weighted by molar-refractivity contribution is 8.15. The van der Waals surface area contributed by atoms with Crippen LogP contribution in [-0.4, -0.2) is 28.8 Å². The van der Waals surface area contributed by atoms with Crippen molar-refractivity contribution in [2.45, 2.75) is 31.6 Å². The highest BCUT2D eigenvalue weighted by Gasteiger charge is 2.32. The molecule has 2 aromatic rings. The van der Waals surface area contributed by atoms with Gasteiger partial charge in [-0.15, -0.1) is 0 Å². The Bertz CT molecular complexity index is 853. The molecule has 2 N–H and O–H groups in total. The lowest BCUT2D eigenvalue weighted by molar-refractivity contribution is -0.122. The van der Waals surface area contributed by atoms with Crippen LogP contribution in [0.5, 0.6) is 5.75 Å². The van der Waals surface area contributed by atoms with Crippen LogP contribution in [0.2, 0.25) is 0 Å². The molecule has 2 amide bonds. The summed E-state index contributed by atoms with van der Waals surface area (Å²) in [6.07, 6.45) is 0.0858. The van der Waals surface area contributed by atoms with Crippen LogP contribution in [0.1, 0.15) is 31.9 Å². The molecule has 1 fully saturated rings. The van der Waals surface area contributed by atoms with E-state index >= 15 is 0 Å². The maximum atomic E-state index is 12.3. The van der Waals surface area contributed by atoms with E-state index in [0.717, 1.165) is 11.3 Å². The number of rotatable bonds is 7. The molecule has 7 heteroatoms. The molecular formula is C21H23N3O3S. The van der Waals surface area contributed by atoms with Crippen molar-refractivity contribution >= 4 is 34.4 Å². The van der Waals surface area contributed by atoms with Gasteiger partial charge in [0.15, 0.2) is 5.17 Å². The molecule has 1 aliphatic heterocycles. The van der Waals surface area contributed by atoms with Gasteiger partial charge in [-0.05, 0) is 43.7 Å². The van der Waals surface area contributed by atoms with E-state index in [0.29, 0.717) is 17.5 Å². The van der Waals surface area contributed by atoms with Gasteiger partial charge in [0.2, 0.25) is 11.8 Å². The Balaban J connectivity index is 1.55. The van der Waals surface area contributed by atoms with Crippen LogP contribution >= 0.6 is 11.8 Å². The third kappa shape index (κ3) is 5.36. The predicted molar refractivity (Wildman–Crippen MR) is 113 cm³/mol. The van der Waals surface area contributed by atoms with E-state index in [4.69, 9.17) is 4.74 Å². The minimum atomic E-state index is -0.482. The molecule has 0 radical (unpaired) electrons. The topological polar surface area (TPSA) is 79.8 Å². The van der Waals surface area contributed by atoms with E-state index in [-0.39, 0.29) is 24.3 Å². The van der Waals surface area contributed by atoms with Crippen molar-refractivity contribution in [3.63, 3.8) is 0 Å². The lowest BCUT2D eigenvalue weighted by Crippen LogP contribution is -2.28. The van der Waals surface area contributed by atoms with Crippen molar-refractivity contribution < 1.29 is 14.3 Å². The number of amides is 2. The Morgan fingerprint density at radius 1 is 1.21 bits per heavy atom. The van der Waals surface area contributed by atoms with Crippen LogP contribution in [0.4, 0.5) is 5.69 Å². The highest BCUT2D eigenvalue weighted by Crippen LogP contribution is 2.26. The Hall–Kier alpha value is -2.80. The average molecular weight is 398 g/mol. The predicted octanol–water partition coefficient (Wildman–Crippen LogP) is 3.76. The van der Waals surface area contributed by atoms with Gasteiger partial charge in [0.25, 0.3) is 0 Å². The summed E-state index contributed by atoms with van der Waals surface area (Å²) in [5.74, 6) is 0.347. The first-order chi connectivity index (χ1) is 13.5. The lowest BCUT2D eigenvalue weighted by Gasteiger charge is -2.09. The van der Waals surface area contributed by atoms with Gasteiger partial charge in [0, 0.05) is 12.1 Å². The van der Waals surface area contributed by atoms with Crippen LogP contribution < -0.4 is 15.4 Å². The first-order valence-corrected chi connectivity index (χ1v) is 10.1. The number of carbonyl (C=O) groups is 2. The van der Waals surface area contributed by atoms with Crippen LogP contribution in [0.15, 0.2) is 59.6 Å². The normalized spacial score (nSPS) is 18.6. The molecule has 0 aromatic heterocycles. The number of carbonyl (C=O) groups excluding carboxylic acids is 2. The van der Waals surface area contributed by atoms with Gasteiger partial charge in [-0.2, -0.15) is 0 Å². The minimum Gasteiger partial charge on any atom is -0.494 e. The van der Waals surface area contributed by atoms with Crippen molar-refractivity contribution in [1.29, 1.82) is 0 Å². The third-order valence-corrected chi connectivity index (χ3v) is 5.29. The molecule has 28 heavy (non-hydrogen) atoms. The molecule has 1 saturated heterocycles. The number of nitrogens with zero attached hydrogens (tertiary/aromatic N) is 1. The highest BCUT2D eigenvalue weighted by atomic mass is 32.2. The largest absolute Gasteiger partial charge is 0.494 e. The Labute approximate surface area is 168 Å². The molecule has 0 saturated carbocycles. The maximum Gasteiger partial charge on any atom is 0.240 e. The van der Waals surface area contributed by atoms with Crippen LogP contribution in [0.25, 0.3) is 0 Å². The van der Waals surface area contributed by atoms with E-state index in [1.54, 1.807) is 24.3 Å². The van der Waals surface area contributed by atoms with E-state index < -0.39 is 5.25 Å². The summed E-state index contributed by atoms with van der Waals surface area (Å²) in [5, 5.41) is 5.66. The summed E-state index contributed by atoms with van der Waals surface area (Å²) in [6, 6.07) is 16.9. The molecule has 2 atom stereocenters. The number of amidine groups is 1. The number of ether oxygens (including phenoxy) is 1. The SMILES string of the molecule is CCOc1ccc(NC(=O)C[C@H]2SC(=N[C@@H](C)c3ccccc3)NC2=O)cc1. The van der Waals surface area contributed by atoms with Crippen molar-refractivity contribution in [2.24, 2.45) is 4.99 Å². The van der Waals surface area contributed by atoms with E-state index in [2.05, 4.69) is 15.6 Å². The van der Waals surface area contributed by atoms with Crippen molar-refractivity contribution in [2.75, 3.05) is 11.9 Å². The second-order valence-corrected chi connectivity index (χ2v) is 7.52. The summed E-state index contributed by atoms with van der Waals surface area (Å²) >= 11 is 1.30. The summed E-state index contributed by atoms with van der Waals surface area (Å²) in [4.78, 5) is 29.1. The van der Waals surface area contributed by atoms with Gasteiger partial charge in [0.05, 0.1) is 12.6 Å². The van der Waals surface area contributed by atoms with Gasteiger partial charge in [0.1, 0.15) is 11.0 Å². The number of benzene rings is 2. The zero-order chi connectivity index (χ0) is 19.9. The molecule has 2 aromatic carbocycles. The number of anilines is 1. The number of nitrogens with one attached hydrogen (secondary N) is 2. The summed E-state index contributed by atoms with van der Waals surface area (Å²) < 4.78 is 5.38. The van der Waals surface area contributed by atoms with Crippen molar-refractivity contribution in [3.8, 4) is 5.75 Å². The molecule has 0 unspecified atom stereocenters. The number of hydrogen-bond donors (Lipinski definition) is 2. The molecule has 1 aliphatic rings. The molecule has 0 aliphatic carbocycles. The molecule has 3 rings (SSSR count). The molecule has 0 spiro atoms. The van der Waals surface area contributed by atoms with E-state index in [9.17, 15) is 9.59 Å². The van der Waals surface area contributed by atoms with Gasteiger partial charge in [-0.3, -0.25) is 14.6 Å². The maximum absolute atomic E-state index is 12.3. The minimum absolute atomic E-state index is 0.0690. The smallest absolute Gasteiger partial charge is 0.240 e. The lowest BCUT2D eigenvalue weighted by atomic mass is 10.1. The summed E-state index contributed by atoms with van der Waals surface area (Å²) in [6.45, 7) is 4.48. The van der Waals surface area contributed by atoms with E-state index in [1.165, 1.54) is 11.8 Å². The van der Waals surface area contributed by atoms with Crippen LogP contribution in [-0.2, 0) is 9.59 Å². The molecule has 6 nitrogen and oxygen atoms in total. The first-order valence-electron chi connectivity index (χ1n) is 9.18. The number of hydrogen-bond acceptors (Lipinski definition) is 5. The summed E-state index contributed by atoms with van der Waals surface area (Å²) in [5.41, 5.74) is 1.74. The number of aliphatic imine (C=N–C) groups is 1. The Kier molecular flexibility index (Phi) is 6.71. The quantitative estimate of drug-likeness (QED) is 0.745. The first kappa shape index (κ1) is 19.9. The monoisotopic (exact) mass is 397 g/mol. The fraction of sp³-hybridized carbons (Fsp3) is 0.286. The molecule has 0 bridgehead atoms. The summed E-state index contributed by atoms with van der Waals surface area (Å²) in [7, 11) is 0. The third-order valence-electron chi connectivity index (χ3n) is 4.19. The fourth-order valence-corrected chi connectivity index (χ4v) is 3.81. The van der Waals surface area contributed by atoms with Gasteiger partial charge in [-0.1, -0.05) is 42.1 Å². The van der Waals surface area contributed by atoms with Gasteiger partial charge < -0.3 is 15.4 Å². The molecule has 146 valence electrons. The fourth-order valence-electron chi connectivity index (χ4n) is 2.76. The van der Waals surface area contributed by atoms with E-state index in [1.807, 2.05) is 44.2 Å².